The molecule has 0 radical (unpaired) electrons. The number of hydrogen-bond acceptors (Lipinski definition) is 4. The topological polar surface area (TPSA) is 78.2 Å². The van der Waals surface area contributed by atoms with E-state index in [9.17, 15) is 22.0 Å². The van der Waals surface area contributed by atoms with E-state index < -0.39 is 38.0 Å². The Labute approximate surface area is 115 Å². The summed E-state index contributed by atoms with van der Waals surface area (Å²) < 4.78 is 49.9. The van der Waals surface area contributed by atoms with Crippen LogP contribution in [0.25, 0.3) is 0 Å². The molecule has 1 aromatic rings. The lowest BCUT2D eigenvalue weighted by Crippen LogP contribution is -2.33. The first kappa shape index (κ1) is 16.0. The Balaban J connectivity index is 2.90. The molecular weight excluding hydrogens is 290 g/mol. The van der Waals surface area contributed by atoms with E-state index in [0.717, 1.165) is 17.0 Å². The lowest BCUT2D eigenvalue weighted by atomic mass is 10.3. The molecule has 0 aliphatic heterocycles. The van der Waals surface area contributed by atoms with E-state index in [0.29, 0.717) is 6.07 Å². The van der Waals surface area contributed by atoms with Crippen LogP contribution in [0.1, 0.15) is 6.42 Å². The number of sulfone groups is 1. The van der Waals surface area contributed by atoms with Crippen LogP contribution < -0.4 is 0 Å². The largest absolute Gasteiger partial charge is 0.344 e. The minimum absolute atomic E-state index is 0.0627. The maximum absolute atomic E-state index is 13.4. The molecule has 108 valence electrons. The van der Waals surface area contributed by atoms with E-state index in [1.54, 1.807) is 0 Å². The molecule has 0 N–H and O–H groups in total. The number of hydrogen-bond donors (Lipinski definition) is 0. The van der Waals surface area contributed by atoms with E-state index in [1.807, 2.05) is 6.07 Å². The van der Waals surface area contributed by atoms with Crippen molar-refractivity contribution in [2.45, 2.75) is 11.3 Å². The number of rotatable bonds is 5. The predicted octanol–water partition coefficient (Wildman–Crippen LogP) is 1.11. The zero-order valence-corrected chi connectivity index (χ0v) is 11.5. The number of halogens is 2. The Morgan fingerprint density at radius 2 is 2.05 bits per heavy atom. The molecule has 20 heavy (non-hydrogen) atoms. The number of amides is 1. The van der Waals surface area contributed by atoms with Gasteiger partial charge in [-0.05, 0) is 12.1 Å². The highest BCUT2D eigenvalue weighted by atomic mass is 32.2. The Morgan fingerprint density at radius 3 is 2.60 bits per heavy atom. The van der Waals surface area contributed by atoms with E-state index in [-0.39, 0.29) is 13.0 Å². The van der Waals surface area contributed by atoms with Gasteiger partial charge >= 0.3 is 0 Å². The van der Waals surface area contributed by atoms with Crippen molar-refractivity contribution in [3.05, 3.63) is 29.8 Å². The highest BCUT2D eigenvalue weighted by molar-refractivity contribution is 7.92. The third kappa shape index (κ3) is 3.99. The first-order chi connectivity index (χ1) is 9.27. The lowest BCUT2D eigenvalue weighted by Gasteiger charge is -2.15. The van der Waals surface area contributed by atoms with Crippen molar-refractivity contribution in [3.63, 3.8) is 0 Å². The summed E-state index contributed by atoms with van der Waals surface area (Å²) in [4.78, 5) is 12.0. The summed E-state index contributed by atoms with van der Waals surface area (Å²) in [7, 11) is -2.85. The minimum Gasteiger partial charge on any atom is -0.344 e. The number of benzene rings is 1. The molecule has 5 nitrogen and oxygen atoms in total. The van der Waals surface area contributed by atoms with E-state index in [1.165, 1.54) is 7.05 Å². The van der Waals surface area contributed by atoms with Gasteiger partial charge in [0.25, 0.3) is 0 Å². The lowest BCUT2D eigenvalue weighted by molar-refractivity contribution is -0.127. The van der Waals surface area contributed by atoms with Crippen molar-refractivity contribution in [2.75, 3.05) is 19.3 Å². The van der Waals surface area contributed by atoms with Crippen LogP contribution in [0, 0.1) is 23.0 Å². The van der Waals surface area contributed by atoms with Crippen molar-refractivity contribution < 1.29 is 22.0 Å². The molecule has 0 bridgehead atoms. The van der Waals surface area contributed by atoms with Crippen molar-refractivity contribution in [2.24, 2.45) is 0 Å². The maximum atomic E-state index is 13.4. The van der Waals surface area contributed by atoms with Gasteiger partial charge in [-0.1, -0.05) is 0 Å². The third-order valence-electron chi connectivity index (χ3n) is 2.53. The van der Waals surface area contributed by atoms with Gasteiger partial charge in [0.15, 0.2) is 9.84 Å². The summed E-state index contributed by atoms with van der Waals surface area (Å²) in [6.45, 7) is 0.0801. The third-order valence-corrected chi connectivity index (χ3v) is 4.16. The Bertz CT molecular complexity index is 653. The van der Waals surface area contributed by atoms with Gasteiger partial charge in [-0.25, -0.2) is 17.2 Å². The molecule has 1 aromatic carbocycles. The van der Waals surface area contributed by atoms with Gasteiger partial charge in [0.2, 0.25) is 5.91 Å². The van der Waals surface area contributed by atoms with E-state index >= 15 is 0 Å². The molecule has 0 aliphatic carbocycles. The first-order valence-electron chi connectivity index (χ1n) is 5.56. The van der Waals surface area contributed by atoms with Gasteiger partial charge in [-0.15, -0.1) is 0 Å². The Hall–Kier alpha value is -2.01. The van der Waals surface area contributed by atoms with Crippen molar-refractivity contribution >= 4 is 15.7 Å². The predicted molar refractivity (Wildman–Crippen MR) is 66.3 cm³/mol. The van der Waals surface area contributed by atoms with Crippen molar-refractivity contribution in [1.29, 1.82) is 5.26 Å². The average Bonchev–Trinajstić information content (AvgIpc) is 2.34. The summed E-state index contributed by atoms with van der Waals surface area (Å²) in [6, 6.07) is 3.85. The summed E-state index contributed by atoms with van der Waals surface area (Å²) >= 11 is 0. The van der Waals surface area contributed by atoms with Gasteiger partial charge in [-0.2, -0.15) is 5.26 Å². The fourth-order valence-electron chi connectivity index (χ4n) is 1.42. The van der Waals surface area contributed by atoms with Crippen LogP contribution in [0.3, 0.4) is 0 Å². The molecule has 1 amide bonds. The zero-order chi connectivity index (χ0) is 15.3. The molecule has 0 spiro atoms. The standard InChI is InChI=1S/C12H12F2N2O3S/c1-16(6-2-5-15)12(17)8-20(18,19)11-4-3-9(13)7-10(11)14/h3-4,7H,2,6,8H2,1H3. The van der Waals surface area contributed by atoms with Crippen LogP contribution in [0.5, 0.6) is 0 Å². The van der Waals surface area contributed by atoms with Gasteiger partial charge in [0.05, 0.1) is 12.5 Å². The summed E-state index contributed by atoms with van der Waals surface area (Å²) in [5.41, 5.74) is 0. The van der Waals surface area contributed by atoms with Gasteiger partial charge < -0.3 is 4.90 Å². The van der Waals surface area contributed by atoms with Crippen LogP contribution in [0.15, 0.2) is 23.1 Å². The second-order valence-electron chi connectivity index (χ2n) is 4.06. The molecule has 1 rings (SSSR count). The van der Waals surface area contributed by atoms with Crippen molar-refractivity contribution in [1.82, 2.24) is 4.90 Å². The minimum atomic E-state index is -4.19. The molecule has 0 fully saturated rings. The van der Waals surface area contributed by atoms with Gasteiger partial charge in [0, 0.05) is 19.7 Å². The monoisotopic (exact) mass is 302 g/mol. The number of carbonyl (C=O) groups is 1. The average molecular weight is 302 g/mol. The van der Waals surface area contributed by atoms with Crippen LogP contribution in [-0.2, 0) is 14.6 Å². The number of nitrogens with zero attached hydrogens (tertiary/aromatic N) is 2. The van der Waals surface area contributed by atoms with Gasteiger partial charge in [-0.3, -0.25) is 4.79 Å². The fraction of sp³-hybridized carbons (Fsp3) is 0.333. The normalized spacial score (nSPS) is 10.9. The van der Waals surface area contributed by atoms with Crippen LogP contribution in [0.2, 0.25) is 0 Å². The fourth-order valence-corrected chi connectivity index (χ4v) is 2.75. The molecule has 0 atom stereocenters. The van der Waals surface area contributed by atoms with Crippen LogP contribution in [0.4, 0.5) is 8.78 Å². The molecule has 0 saturated carbocycles. The second-order valence-corrected chi connectivity index (χ2v) is 6.02. The zero-order valence-electron chi connectivity index (χ0n) is 10.6. The van der Waals surface area contributed by atoms with Crippen LogP contribution >= 0.6 is 0 Å². The molecule has 8 heteroatoms. The van der Waals surface area contributed by atoms with E-state index in [2.05, 4.69) is 0 Å². The molecule has 0 aliphatic rings. The highest BCUT2D eigenvalue weighted by Gasteiger charge is 2.24. The Morgan fingerprint density at radius 1 is 1.40 bits per heavy atom. The smallest absolute Gasteiger partial charge is 0.237 e. The summed E-state index contributed by atoms with van der Waals surface area (Å²) in [6.07, 6.45) is 0.0627. The maximum Gasteiger partial charge on any atom is 0.237 e. The summed E-state index contributed by atoms with van der Waals surface area (Å²) in [5.74, 6) is -3.84. The number of carbonyl (C=O) groups excluding carboxylic acids is 1. The quantitative estimate of drug-likeness (QED) is 0.763. The molecule has 0 aromatic heterocycles. The molecule has 0 heterocycles. The van der Waals surface area contributed by atoms with Gasteiger partial charge in [0.1, 0.15) is 22.3 Å². The highest BCUT2D eigenvalue weighted by Crippen LogP contribution is 2.17. The Kier molecular flexibility index (Phi) is 5.16. The molecule has 0 saturated heterocycles. The second kappa shape index (κ2) is 6.43. The van der Waals surface area contributed by atoms with E-state index in [4.69, 9.17) is 5.26 Å². The van der Waals surface area contributed by atoms with Crippen molar-refractivity contribution in [3.8, 4) is 6.07 Å². The summed E-state index contributed by atoms with van der Waals surface area (Å²) in [5, 5.41) is 8.38. The SMILES string of the molecule is CN(CCC#N)C(=O)CS(=O)(=O)c1ccc(F)cc1F. The number of nitriles is 1. The molecule has 0 unspecified atom stereocenters. The van der Waals surface area contributed by atoms with Crippen LogP contribution in [-0.4, -0.2) is 38.6 Å². The molecular formula is C12H12F2N2O3S. The first-order valence-corrected chi connectivity index (χ1v) is 7.22.